The number of rotatable bonds is 5. The molecule has 10 rings (SSSR count). The second kappa shape index (κ2) is 11.4. The predicted molar refractivity (Wildman–Crippen MR) is 203 cm³/mol. The molecule has 10 aromatic rings. The Labute approximate surface area is 287 Å². The van der Waals surface area contributed by atoms with Crippen molar-refractivity contribution in [1.82, 2.24) is 19.5 Å². The average molecular weight is 641 g/mol. The lowest BCUT2D eigenvalue weighted by Crippen LogP contribution is -2.00. The van der Waals surface area contributed by atoms with Crippen molar-refractivity contribution in [3.8, 4) is 51.0 Å². The molecule has 0 saturated heterocycles. The van der Waals surface area contributed by atoms with Gasteiger partial charge in [0.25, 0.3) is 0 Å². The van der Waals surface area contributed by atoms with E-state index in [9.17, 15) is 0 Å². The Hall–Kier alpha value is -6.85. The van der Waals surface area contributed by atoms with Crippen LogP contribution in [0.25, 0.3) is 94.7 Å². The van der Waals surface area contributed by atoms with Crippen LogP contribution in [0.15, 0.2) is 174 Å². The molecule has 0 spiro atoms. The van der Waals surface area contributed by atoms with Gasteiger partial charge in [0.15, 0.2) is 17.5 Å². The maximum Gasteiger partial charge on any atom is 0.164 e. The number of fused-ring (bicyclic) bond motifs is 6. The van der Waals surface area contributed by atoms with Crippen molar-refractivity contribution in [2.75, 3.05) is 0 Å². The van der Waals surface area contributed by atoms with E-state index in [4.69, 9.17) is 19.4 Å². The molecule has 234 valence electrons. The van der Waals surface area contributed by atoms with E-state index in [1.807, 2.05) is 66.7 Å². The largest absolute Gasteiger partial charge is 0.456 e. The summed E-state index contributed by atoms with van der Waals surface area (Å²) in [5.41, 5.74) is 10.1. The van der Waals surface area contributed by atoms with E-state index >= 15 is 0 Å². The van der Waals surface area contributed by atoms with Gasteiger partial charge in [0.05, 0.1) is 11.0 Å². The zero-order chi connectivity index (χ0) is 33.0. The van der Waals surface area contributed by atoms with Crippen LogP contribution in [0.1, 0.15) is 0 Å². The molecule has 0 amide bonds. The van der Waals surface area contributed by atoms with Gasteiger partial charge >= 0.3 is 0 Å². The van der Waals surface area contributed by atoms with Crippen LogP contribution in [0, 0.1) is 0 Å². The molecule has 3 aromatic heterocycles. The normalized spacial score (nSPS) is 11.6. The Morgan fingerprint density at radius 2 is 0.920 bits per heavy atom. The van der Waals surface area contributed by atoms with E-state index in [1.54, 1.807) is 0 Å². The molecule has 0 fully saturated rings. The fourth-order valence-electron chi connectivity index (χ4n) is 7.12. The molecule has 5 nitrogen and oxygen atoms in total. The summed E-state index contributed by atoms with van der Waals surface area (Å²) >= 11 is 0. The fraction of sp³-hybridized carbons (Fsp3) is 0. The number of hydrogen-bond acceptors (Lipinski definition) is 4. The predicted octanol–water partition coefficient (Wildman–Crippen LogP) is 11.5. The molecule has 0 aliphatic rings. The third-order valence-corrected chi connectivity index (χ3v) is 9.45. The molecule has 7 aromatic carbocycles. The molecule has 5 heteroatoms. The lowest BCUT2D eigenvalue weighted by molar-refractivity contribution is 0.668. The first-order valence-corrected chi connectivity index (χ1v) is 16.7. The van der Waals surface area contributed by atoms with Gasteiger partial charge in [-0.1, -0.05) is 133 Å². The zero-order valence-electron chi connectivity index (χ0n) is 26.9. The van der Waals surface area contributed by atoms with E-state index in [2.05, 4.69) is 108 Å². The molecular formula is C45H28N4O. The van der Waals surface area contributed by atoms with Crippen LogP contribution < -0.4 is 0 Å². The SMILES string of the molecule is c1ccc(-c2nc(-c3ccccc3)nc(-c3ccc4c(c3)oc3cc(-n5c6ccccc6c6cccc(-c7ccccc7)c65)ccc34)n2)cc1. The highest BCUT2D eigenvalue weighted by Gasteiger charge is 2.18. The number of nitrogens with zero attached hydrogens (tertiary/aromatic N) is 4. The average Bonchev–Trinajstić information content (AvgIpc) is 3.73. The van der Waals surface area contributed by atoms with Gasteiger partial charge in [0, 0.05) is 55.6 Å². The summed E-state index contributed by atoms with van der Waals surface area (Å²) in [6.45, 7) is 0. The minimum atomic E-state index is 0.597. The van der Waals surface area contributed by atoms with E-state index in [-0.39, 0.29) is 0 Å². The third-order valence-electron chi connectivity index (χ3n) is 9.45. The van der Waals surface area contributed by atoms with Crippen LogP contribution >= 0.6 is 0 Å². The highest BCUT2D eigenvalue weighted by atomic mass is 16.3. The molecule has 3 heterocycles. The molecule has 0 bridgehead atoms. The Balaban J connectivity index is 1.14. The monoisotopic (exact) mass is 640 g/mol. The molecule has 50 heavy (non-hydrogen) atoms. The second-order valence-corrected chi connectivity index (χ2v) is 12.5. The van der Waals surface area contributed by atoms with Gasteiger partial charge in [0.1, 0.15) is 11.2 Å². The molecule has 0 saturated carbocycles. The van der Waals surface area contributed by atoms with Crippen LogP contribution in [0.4, 0.5) is 0 Å². The Morgan fingerprint density at radius 3 is 1.60 bits per heavy atom. The van der Waals surface area contributed by atoms with Crippen LogP contribution in [-0.4, -0.2) is 19.5 Å². The second-order valence-electron chi connectivity index (χ2n) is 12.5. The van der Waals surface area contributed by atoms with Crippen LogP contribution in [-0.2, 0) is 0 Å². The van der Waals surface area contributed by atoms with Gasteiger partial charge in [-0.3, -0.25) is 0 Å². The van der Waals surface area contributed by atoms with Gasteiger partial charge in [-0.15, -0.1) is 0 Å². The number of benzene rings is 7. The molecule has 0 aliphatic heterocycles. The Bertz CT molecular complexity index is 2800. The first-order valence-electron chi connectivity index (χ1n) is 16.7. The van der Waals surface area contributed by atoms with Gasteiger partial charge in [-0.25, -0.2) is 15.0 Å². The molecular weight excluding hydrogens is 613 g/mol. The van der Waals surface area contributed by atoms with Crippen molar-refractivity contribution in [3.05, 3.63) is 170 Å². The lowest BCUT2D eigenvalue weighted by atomic mass is 10.0. The first-order chi connectivity index (χ1) is 24.8. The number of aromatic nitrogens is 4. The molecule has 0 unspecified atom stereocenters. The van der Waals surface area contributed by atoms with Gasteiger partial charge in [-0.2, -0.15) is 0 Å². The molecule has 0 N–H and O–H groups in total. The minimum Gasteiger partial charge on any atom is -0.456 e. The Kier molecular flexibility index (Phi) is 6.42. The first kappa shape index (κ1) is 28.2. The quantitative estimate of drug-likeness (QED) is 0.188. The summed E-state index contributed by atoms with van der Waals surface area (Å²) in [4.78, 5) is 14.7. The smallest absolute Gasteiger partial charge is 0.164 e. The summed E-state index contributed by atoms with van der Waals surface area (Å²) in [5, 5.41) is 4.54. The van der Waals surface area contributed by atoms with Crippen molar-refractivity contribution in [1.29, 1.82) is 0 Å². The Morgan fingerprint density at radius 1 is 0.380 bits per heavy atom. The van der Waals surface area contributed by atoms with Crippen molar-refractivity contribution in [2.45, 2.75) is 0 Å². The van der Waals surface area contributed by atoms with E-state index in [0.717, 1.165) is 49.8 Å². The fourth-order valence-corrected chi connectivity index (χ4v) is 7.12. The van der Waals surface area contributed by atoms with Gasteiger partial charge in [0.2, 0.25) is 0 Å². The topological polar surface area (TPSA) is 56.7 Å². The highest BCUT2D eigenvalue weighted by molar-refractivity contribution is 6.14. The maximum atomic E-state index is 6.64. The van der Waals surface area contributed by atoms with Crippen LogP contribution in [0.2, 0.25) is 0 Å². The van der Waals surface area contributed by atoms with E-state index in [0.29, 0.717) is 17.5 Å². The standard InChI is InChI=1S/C45H28N4O/c1-4-13-29(14-5-1)34-20-12-21-38-35-19-10-11-22-39(35)49(42(34)38)33-24-26-37-36-25-23-32(27-40(36)50-41(37)28-33)45-47-43(30-15-6-2-7-16-30)46-44(48-45)31-17-8-3-9-18-31/h1-28H. The molecule has 0 radical (unpaired) electrons. The number of hydrogen-bond donors (Lipinski definition) is 0. The van der Waals surface area contributed by atoms with Crippen molar-refractivity contribution < 1.29 is 4.42 Å². The zero-order valence-corrected chi connectivity index (χ0v) is 26.9. The molecule has 0 aliphatic carbocycles. The summed E-state index contributed by atoms with van der Waals surface area (Å²) in [6.07, 6.45) is 0. The minimum absolute atomic E-state index is 0.597. The van der Waals surface area contributed by atoms with Crippen molar-refractivity contribution in [2.24, 2.45) is 0 Å². The molecule has 0 atom stereocenters. The van der Waals surface area contributed by atoms with E-state index in [1.165, 1.54) is 27.4 Å². The number of furan rings is 1. The number of para-hydroxylation sites is 2. The third kappa shape index (κ3) is 4.60. The highest BCUT2D eigenvalue weighted by Crippen LogP contribution is 2.40. The van der Waals surface area contributed by atoms with Gasteiger partial charge in [-0.05, 0) is 35.9 Å². The van der Waals surface area contributed by atoms with Crippen molar-refractivity contribution >= 4 is 43.7 Å². The summed E-state index contributed by atoms with van der Waals surface area (Å²) in [6, 6.07) is 58.6. The maximum absolute atomic E-state index is 6.64. The lowest BCUT2D eigenvalue weighted by Gasteiger charge is -2.11. The summed E-state index contributed by atoms with van der Waals surface area (Å²) < 4.78 is 9.00. The van der Waals surface area contributed by atoms with Crippen LogP contribution in [0.3, 0.4) is 0 Å². The van der Waals surface area contributed by atoms with Crippen LogP contribution in [0.5, 0.6) is 0 Å². The van der Waals surface area contributed by atoms with Crippen molar-refractivity contribution in [3.63, 3.8) is 0 Å². The summed E-state index contributed by atoms with van der Waals surface area (Å²) in [5.74, 6) is 1.86. The summed E-state index contributed by atoms with van der Waals surface area (Å²) in [7, 11) is 0. The van der Waals surface area contributed by atoms with Gasteiger partial charge < -0.3 is 8.98 Å². The van der Waals surface area contributed by atoms with E-state index < -0.39 is 0 Å².